The van der Waals surface area contributed by atoms with Crippen LogP contribution in [0.4, 0.5) is 0 Å². The number of hydrogen-bond donors (Lipinski definition) is 0. The quantitative estimate of drug-likeness (QED) is 0.808. The van der Waals surface area contributed by atoms with E-state index in [4.69, 9.17) is 9.15 Å². The Labute approximate surface area is 127 Å². The maximum atomic E-state index is 12.1. The van der Waals surface area contributed by atoms with Gasteiger partial charge in [-0.1, -0.05) is 5.21 Å². The molecule has 2 aliphatic rings. The topological polar surface area (TPSA) is 73.4 Å². The number of ether oxygens (including phenoxy) is 1. The largest absolute Gasteiger partial charge is 0.472 e. The van der Waals surface area contributed by atoms with Gasteiger partial charge in [0.1, 0.15) is 12.0 Å². The number of amides is 1. The van der Waals surface area contributed by atoms with Crippen LogP contribution in [-0.2, 0) is 11.3 Å². The van der Waals surface area contributed by atoms with Gasteiger partial charge in [-0.3, -0.25) is 4.79 Å². The standard InChI is InChI=1S/C15H18N4O3/c20-15(12-3-4-21-9-12)18-6-14(7-18)19-5-13(16-17-19)10-22-8-11-1-2-11/h3-5,9,11,14H,1-2,6-8,10H2. The first kappa shape index (κ1) is 13.5. The van der Waals surface area contributed by atoms with E-state index in [1.165, 1.54) is 25.4 Å². The van der Waals surface area contributed by atoms with Crippen LogP contribution in [0.1, 0.15) is 34.9 Å². The van der Waals surface area contributed by atoms with E-state index in [9.17, 15) is 4.79 Å². The van der Waals surface area contributed by atoms with Crippen LogP contribution >= 0.6 is 0 Å². The van der Waals surface area contributed by atoms with E-state index in [1.54, 1.807) is 11.0 Å². The summed E-state index contributed by atoms with van der Waals surface area (Å²) in [7, 11) is 0. The fourth-order valence-corrected chi connectivity index (χ4v) is 2.53. The summed E-state index contributed by atoms with van der Waals surface area (Å²) in [6, 6.07) is 1.88. The first-order valence-corrected chi connectivity index (χ1v) is 7.59. The molecule has 4 rings (SSSR count). The Morgan fingerprint density at radius 2 is 2.27 bits per heavy atom. The fraction of sp³-hybridized carbons (Fsp3) is 0.533. The molecule has 1 aliphatic carbocycles. The third-order valence-electron chi connectivity index (χ3n) is 4.15. The lowest BCUT2D eigenvalue weighted by atomic mass is 10.1. The molecule has 0 atom stereocenters. The lowest BCUT2D eigenvalue weighted by Gasteiger charge is -2.38. The van der Waals surface area contributed by atoms with Crippen molar-refractivity contribution in [1.29, 1.82) is 0 Å². The van der Waals surface area contributed by atoms with Gasteiger partial charge in [-0.2, -0.15) is 0 Å². The monoisotopic (exact) mass is 302 g/mol. The highest BCUT2D eigenvalue weighted by atomic mass is 16.5. The van der Waals surface area contributed by atoms with Crippen LogP contribution in [0, 0.1) is 5.92 Å². The zero-order valence-electron chi connectivity index (χ0n) is 12.2. The Kier molecular flexibility index (Phi) is 3.42. The molecule has 116 valence electrons. The number of aromatic nitrogens is 3. The fourth-order valence-electron chi connectivity index (χ4n) is 2.53. The maximum Gasteiger partial charge on any atom is 0.257 e. The molecule has 0 radical (unpaired) electrons. The van der Waals surface area contributed by atoms with Gasteiger partial charge >= 0.3 is 0 Å². The third kappa shape index (κ3) is 2.76. The van der Waals surface area contributed by atoms with Crippen LogP contribution in [-0.4, -0.2) is 45.5 Å². The van der Waals surface area contributed by atoms with E-state index >= 15 is 0 Å². The molecule has 0 bridgehead atoms. The van der Waals surface area contributed by atoms with E-state index in [1.807, 2.05) is 10.9 Å². The Hall–Kier alpha value is -2.15. The van der Waals surface area contributed by atoms with Gasteiger partial charge in [0.2, 0.25) is 0 Å². The minimum atomic E-state index is -0.00175. The number of hydrogen-bond acceptors (Lipinski definition) is 5. The highest BCUT2D eigenvalue weighted by Crippen LogP contribution is 2.29. The summed E-state index contributed by atoms with van der Waals surface area (Å²) in [5.74, 6) is 0.752. The highest BCUT2D eigenvalue weighted by Gasteiger charge is 2.33. The van der Waals surface area contributed by atoms with Gasteiger partial charge in [-0.25, -0.2) is 4.68 Å². The van der Waals surface area contributed by atoms with Gasteiger partial charge in [0.05, 0.1) is 30.7 Å². The average molecular weight is 302 g/mol. The van der Waals surface area contributed by atoms with Crippen LogP contribution in [0.5, 0.6) is 0 Å². The zero-order valence-corrected chi connectivity index (χ0v) is 12.2. The highest BCUT2D eigenvalue weighted by molar-refractivity contribution is 5.94. The van der Waals surface area contributed by atoms with E-state index in [0.29, 0.717) is 25.3 Å². The number of rotatable bonds is 6. The summed E-state index contributed by atoms with van der Waals surface area (Å²) in [5.41, 5.74) is 1.44. The molecule has 2 fully saturated rings. The lowest BCUT2D eigenvalue weighted by Crippen LogP contribution is -2.50. The molecule has 7 heteroatoms. The van der Waals surface area contributed by atoms with Gasteiger partial charge in [0, 0.05) is 19.7 Å². The van der Waals surface area contributed by atoms with Crippen molar-refractivity contribution in [3.8, 4) is 0 Å². The number of likely N-dealkylation sites (tertiary alicyclic amines) is 1. The predicted octanol–water partition coefficient (Wildman–Crippen LogP) is 1.49. The van der Waals surface area contributed by atoms with Gasteiger partial charge in [0.25, 0.3) is 5.91 Å². The summed E-state index contributed by atoms with van der Waals surface area (Å²) in [6.07, 6.45) is 7.47. The van der Waals surface area contributed by atoms with Crippen LogP contribution < -0.4 is 0 Å². The second-order valence-corrected chi connectivity index (χ2v) is 6.02. The van der Waals surface area contributed by atoms with E-state index < -0.39 is 0 Å². The summed E-state index contributed by atoms with van der Waals surface area (Å²) in [6.45, 7) is 2.63. The van der Waals surface area contributed by atoms with Crippen molar-refractivity contribution in [3.05, 3.63) is 36.0 Å². The summed E-state index contributed by atoms with van der Waals surface area (Å²) < 4.78 is 12.4. The van der Waals surface area contributed by atoms with Crippen LogP contribution in [0.25, 0.3) is 0 Å². The second kappa shape index (κ2) is 5.57. The Morgan fingerprint density at radius 1 is 1.41 bits per heavy atom. The maximum absolute atomic E-state index is 12.1. The van der Waals surface area contributed by atoms with Gasteiger partial charge in [-0.15, -0.1) is 5.10 Å². The van der Waals surface area contributed by atoms with E-state index in [0.717, 1.165) is 18.2 Å². The van der Waals surface area contributed by atoms with E-state index in [2.05, 4.69) is 10.3 Å². The molecule has 1 amide bonds. The molecular formula is C15H18N4O3. The molecule has 1 aliphatic heterocycles. The summed E-state index contributed by atoms with van der Waals surface area (Å²) in [5, 5.41) is 8.26. The molecule has 1 saturated carbocycles. The van der Waals surface area contributed by atoms with Crippen LogP contribution in [0.2, 0.25) is 0 Å². The zero-order chi connectivity index (χ0) is 14.9. The first-order valence-electron chi connectivity index (χ1n) is 7.59. The molecule has 0 aromatic carbocycles. The molecule has 7 nitrogen and oxygen atoms in total. The van der Waals surface area contributed by atoms with Crippen molar-refractivity contribution in [2.45, 2.75) is 25.5 Å². The van der Waals surface area contributed by atoms with Crippen LogP contribution in [0.15, 0.2) is 29.2 Å². The Bertz CT molecular complexity index is 642. The normalized spacial score (nSPS) is 18.5. The molecule has 1 saturated heterocycles. The smallest absolute Gasteiger partial charge is 0.257 e. The van der Waals surface area contributed by atoms with Gasteiger partial charge < -0.3 is 14.1 Å². The van der Waals surface area contributed by atoms with Gasteiger partial charge in [-0.05, 0) is 24.8 Å². The van der Waals surface area contributed by atoms with Crippen molar-refractivity contribution in [3.63, 3.8) is 0 Å². The molecule has 22 heavy (non-hydrogen) atoms. The van der Waals surface area contributed by atoms with E-state index in [-0.39, 0.29) is 11.9 Å². The number of furan rings is 1. The first-order chi connectivity index (χ1) is 10.8. The van der Waals surface area contributed by atoms with Crippen molar-refractivity contribution in [2.24, 2.45) is 5.92 Å². The lowest BCUT2D eigenvalue weighted by molar-refractivity contribution is 0.0497. The van der Waals surface area contributed by atoms with Crippen molar-refractivity contribution < 1.29 is 13.9 Å². The Morgan fingerprint density at radius 3 is 3.00 bits per heavy atom. The van der Waals surface area contributed by atoms with Crippen molar-refractivity contribution in [2.75, 3.05) is 19.7 Å². The second-order valence-electron chi connectivity index (χ2n) is 6.02. The molecule has 0 N–H and O–H groups in total. The molecule has 2 aromatic heterocycles. The Balaban J connectivity index is 1.27. The SMILES string of the molecule is O=C(c1ccoc1)N1CC(n2cc(COCC3CC3)nn2)C1. The average Bonchev–Trinajstić information content (AvgIpc) is 2.97. The predicted molar refractivity (Wildman–Crippen MR) is 76.1 cm³/mol. The van der Waals surface area contributed by atoms with Crippen molar-refractivity contribution >= 4 is 5.91 Å². The number of carbonyl (C=O) groups is 1. The van der Waals surface area contributed by atoms with Crippen LogP contribution in [0.3, 0.4) is 0 Å². The molecule has 3 heterocycles. The third-order valence-corrected chi connectivity index (χ3v) is 4.15. The summed E-state index contributed by atoms with van der Waals surface area (Å²) in [4.78, 5) is 13.9. The molecular weight excluding hydrogens is 284 g/mol. The minimum Gasteiger partial charge on any atom is -0.472 e. The minimum absolute atomic E-state index is 0.00175. The molecule has 0 spiro atoms. The number of carbonyl (C=O) groups excluding carboxylic acids is 1. The summed E-state index contributed by atoms with van der Waals surface area (Å²) >= 11 is 0. The van der Waals surface area contributed by atoms with Crippen molar-refractivity contribution in [1.82, 2.24) is 19.9 Å². The molecule has 0 unspecified atom stereocenters. The number of nitrogens with zero attached hydrogens (tertiary/aromatic N) is 4. The van der Waals surface area contributed by atoms with Gasteiger partial charge in [0.15, 0.2) is 0 Å². The molecule has 2 aromatic rings.